The summed E-state index contributed by atoms with van der Waals surface area (Å²) < 4.78 is 10.7. The molecule has 1 aromatic carbocycles. The monoisotopic (exact) mass is 235 g/mol. The lowest BCUT2D eigenvalue weighted by atomic mass is 10.1. The molecule has 1 aliphatic carbocycles. The smallest absolute Gasteiger partial charge is 0.217 e. The molecule has 0 radical (unpaired) electrons. The first kappa shape index (κ1) is 11.8. The first-order valence-electron chi connectivity index (χ1n) is 5.68. The number of methoxy groups -OCH3 is 2. The lowest BCUT2D eigenvalue weighted by Crippen LogP contribution is -2.24. The minimum Gasteiger partial charge on any atom is -0.493 e. The summed E-state index contributed by atoms with van der Waals surface area (Å²) in [4.78, 5) is 11.1. The molecule has 1 amide bonds. The highest BCUT2D eigenvalue weighted by molar-refractivity contribution is 5.74. The van der Waals surface area contributed by atoms with Crippen molar-refractivity contribution in [2.24, 2.45) is 0 Å². The number of nitrogens with one attached hydrogen (secondary N) is 1. The Kier molecular flexibility index (Phi) is 3.22. The zero-order chi connectivity index (χ0) is 12.4. The average Bonchev–Trinajstić information content (AvgIpc) is 2.70. The van der Waals surface area contributed by atoms with Crippen LogP contribution in [0.2, 0.25) is 0 Å². The molecule has 0 heterocycles. The first-order chi connectivity index (χ1) is 8.17. The zero-order valence-electron chi connectivity index (χ0n) is 10.4. The minimum atomic E-state index is -0.00219. The Hall–Kier alpha value is -1.71. The molecule has 4 heteroatoms. The molecule has 1 aliphatic rings. The standard InChI is InChI=1S/C13H17NO3/c1-8(15)14-11-6-4-10-9(11)5-7-12(16-2)13(10)17-3/h5,7,11H,4,6H2,1-3H3,(H,14,15)/t11-/m0/s1. The summed E-state index contributed by atoms with van der Waals surface area (Å²) in [6, 6.07) is 3.99. The van der Waals surface area contributed by atoms with E-state index in [1.54, 1.807) is 21.1 Å². The highest BCUT2D eigenvalue weighted by Gasteiger charge is 2.27. The predicted molar refractivity (Wildman–Crippen MR) is 64.4 cm³/mol. The summed E-state index contributed by atoms with van der Waals surface area (Å²) in [7, 11) is 3.27. The number of amides is 1. The Balaban J connectivity index is 2.38. The molecule has 0 spiro atoms. The van der Waals surface area contributed by atoms with Crippen molar-refractivity contribution in [1.29, 1.82) is 0 Å². The number of carbonyl (C=O) groups excluding carboxylic acids is 1. The van der Waals surface area contributed by atoms with Crippen molar-refractivity contribution in [1.82, 2.24) is 5.32 Å². The van der Waals surface area contributed by atoms with Gasteiger partial charge in [-0.05, 0) is 24.5 Å². The molecule has 0 aliphatic heterocycles. The van der Waals surface area contributed by atoms with Crippen molar-refractivity contribution in [3.05, 3.63) is 23.3 Å². The van der Waals surface area contributed by atoms with Gasteiger partial charge in [0, 0.05) is 12.5 Å². The lowest BCUT2D eigenvalue weighted by Gasteiger charge is -2.15. The molecular weight excluding hydrogens is 218 g/mol. The van der Waals surface area contributed by atoms with Crippen molar-refractivity contribution in [3.8, 4) is 11.5 Å². The van der Waals surface area contributed by atoms with Gasteiger partial charge < -0.3 is 14.8 Å². The summed E-state index contributed by atoms with van der Waals surface area (Å²) in [6.45, 7) is 1.54. The average molecular weight is 235 g/mol. The summed E-state index contributed by atoms with van der Waals surface area (Å²) in [6.07, 6.45) is 1.82. The summed E-state index contributed by atoms with van der Waals surface area (Å²) >= 11 is 0. The van der Waals surface area contributed by atoms with Gasteiger partial charge in [0.1, 0.15) is 0 Å². The maximum atomic E-state index is 11.1. The zero-order valence-corrected chi connectivity index (χ0v) is 10.4. The van der Waals surface area contributed by atoms with Gasteiger partial charge in [0.25, 0.3) is 0 Å². The molecule has 1 atom stereocenters. The number of hydrogen-bond acceptors (Lipinski definition) is 3. The molecule has 0 bridgehead atoms. The third-order valence-corrected chi connectivity index (χ3v) is 3.12. The van der Waals surface area contributed by atoms with E-state index in [1.807, 2.05) is 12.1 Å². The van der Waals surface area contributed by atoms with Gasteiger partial charge >= 0.3 is 0 Å². The largest absolute Gasteiger partial charge is 0.493 e. The van der Waals surface area contributed by atoms with Crippen LogP contribution in [0.4, 0.5) is 0 Å². The van der Waals surface area contributed by atoms with Crippen LogP contribution in [0.25, 0.3) is 0 Å². The molecule has 0 unspecified atom stereocenters. The molecule has 4 nitrogen and oxygen atoms in total. The van der Waals surface area contributed by atoms with Crippen molar-refractivity contribution in [2.75, 3.05) is 14.2 Å². The van der Waals surface area contributed by atoms with Crippen molar-refractivity contribution in [3.63, 3.8) is 0 Å². The molecule has 1 N–H and O–H groups in total. The fourth-order valence-electron chi connectivity index (χ4n) is 2.43. The molecule has 0 fully saturated rings. The van der Waals surface area contributed by atoms with Gasteiger partial charge in [-0.3, -0.25) is 4.79 Å². The highest BCUT2D eigenvalue weighted by Crippen LogP contribution is 2.42. The number of ether oxygens (including phenoxy) is 2. The highest BCUT2D eigenvalue weighted by atomic mass is 16.5. The van der Waals surface area contributed by atoms with Crippen LogP contribution < -0.4 is 14.8 Å². The second-order valence-corrected chi connectivity index (χ2v) is 4.16. The van der Waals surface area contributed by atoms with Crippen LogP contribution in [0, 0.1) is 0 Å². The molecule has 0 saturated carbocycles. The van der Waals surface area contributed by atoms with E-state index in [0.29, 0.717) is 0 Å². The summed E-state index contributed by atoms with van der Waals surface area (Å²) in [5.74, 6) is 1.53. The number of benzene rings is 1. The van der Waals surface area contributed by atoms with E-state index < -0.39 is 0 Å². The Morgan fingerprint density at radius 1 is 1.35 bits per heavy atom. The van der Waals surface area contributed by atoms with E-state index in [2.05, 4.69) is 5.32 Å². The quantitative estimate of drug-likeness (QED) is 0.869. The SMILES string of the molecule is COc1ccc2c(c1OC)CC[C@@H]2NC(C)=O. The fourth-order valence-corrected chi connectivity index (χ4v) is 2.43. The molecule has 0 saturated heterocycles. The van der Waals surface area contributed by atoms with Gasteiger partial charge in [-0.25, -0.2) is 0 Å². The predicted octanol–water partition coefficient (Wildman–Crippen LogP) is 1.83. The van der Waals surface area contributed by atoms with Crippen LogP contribution in [-0.4, -0.2) is 20.1 Å². The second kappa shape index (κ2) is 4.65. The van der Waals surface area contributed by atoms with Crippen molar-refractivity contribution >= 4 is 5.91 Å². The van der Waals surface area contributed by atoms with E-state index >= 15 is 0 Å². The van der Waals surface area contributed by atoms with E-state index in [4.69, 9.17) is 9.47 Å². The lowest BCUT2D eigenvalue weighted by molar-refractivity contribution is -0.119. The maximum Gasteiger partial charge on any atom is 0.217 e. The third kappa shape index (κ3) is 2.07. The van der Waals surface area contributed by atoms with Crippen LogP contribution in [0.15, 0.2) is 12.1 Å². The van der Waals surface area contributed by atoms with Crippen LogP contribution >= 0.6 is 0 Å². The van der Waals surface area contributed by atoms with Gasteiger partial charge in [0.05, 0.1) is 20.3 Å². The summed E-state index contributed by atoms with van der Waals surface area (Å²) in [5.41, 5.74) is 2.28. The van der Waals surface area contributed by atoms with E-state index in [9.17, 15) is 4.79 Å². The van der Waals surface area contributed by atoms with Crippen LogP contribution in [0.1, 0.15) is 30.5 Å². The first-order valence-corrected chi connectivity index (χ1v) is 5.68. The van der Waals surface area contributed by atoms with Crippen LogP contribution in [0.3, 0.4) is 0 Å². The minimum absolute atomic E-state index is 0.00219. The maximum absolute atomic E-state index is 11.1. The summed E-state index contributed by atoms with van der Waals surface area (Å²) in [5, 5.41) is 2.95. The third-order valence-electron chi connectivity index (χ3n) is 3.12. The number of fused-ring (bicyclic) bond motifs is 1. The van der Waals surface area contributed by atoms with E-state index in [-0.39, 0.29) is 11.9 Å². The van der Waals surface area contributed by atoms with E-state index in [0.717, 1.165) is 35.5 Å². The van der Waals surface area contributed by atoms with E-state index in [1.165, 1.54) is 0 Å². The number of carbonyl (C=O) groups is 1. The van der Waals surface area contributed by atoms with Crippen molar-refractivity contribution in [2.45, 2.75) is 25.8 Å². The molecular formula is C13H17NO3. The normalized spacial score (nSPS) is 17.5. The van der Waals surface area contributed by atoms with Gasteiger partial charge in [-0.2, -0.15) is 0 Å². The van der Waals surface area contributed by atoms with Gasteiger partial charge in [0.15, 0.2) is 11.5 Å². The van der Waals surface area contributed by atoms with Crippen LogP contribution in [-0.2, 0) is 11.2 Å². The van der Waals surface area contributed by atoms with Gasteiger partial charge in [-0.1, -0.05) is 6.07 Å². The van der Waals surface area contributed by atoms with Crippen LogP contribution in [0.5, 0.6) is 11.5 Å². The Labute approximate surface area is 101 Å². The fraction of sp³-hybridized carbons (Fsp3) is 0.462. The Bertz CT molecular complexity index is 443. The number of hydrogen-bond donors (Lipinski definition) is 1. The Morgan fingerprint density at radius 2 is 2.12 bits per heavy atom. The molecule has 1 aromatic rings. The number of rotatable bonds is 3. The molecule has 2 rings (SSSR count). The second-order valence-electron chi connectivity index (χ2n) is 4.16. The Morgan fingerprint density at radius 3 is 2.71 bits per heavy atom. The molecule has 92 valence electrons. The van der Waals surface area contributed by atoms with Gasteiger partial charge in [-0.15, -0.1) is 0 Å². The molecule has 17 heavy (non-hydrogen) atoms. The van der Waals surface area contributed by atoms with Crippen molar-refractivity contribution < 1.29 is 14.3 Å². The van der Waals surface area contributed by atoms with Gasteiger partial charge in [0.2, 0.25) is 5.91 Å². The topological polar surface area (TPSA) is 47.6 Å². The molecule has 0 aromatic heterocycles.